The molecule has 1 fully saturated rings. The fourth-order valence-electron chi connectivity index (χ4n) is 3.99. The number of carbonyl (C=O) groups excluding carboxylic acids is 1. The van der Waals surface area contributed by atoms with Gasteiger partial charge in [-0.3, -0.25) is 9.59 Å². The number of aliphatic hydroxyl groups is 3. The average Bonchev–Trinajstić information content (AvgIpc) is 2.79. The van der Waals surface area contributed by atoms with Crippen molar-refractivity contribution in [3.05, 3.63) is 46.3 Å². The molecule has 186 valence electrons. The molecule has 0 aliphatic carbocycles. The predicted molar refractivity (Wildman–Crippen MR) is 117 cm³/mol. The Morgan fingerprint density at radius 1 is 0.943 bits per heavy atom. The lowest BCUT2D eigenvalue weighted by Crippen LogP contribution is -2.55. The summed E-state index contributed by atoms with van der Waals surface area (Å²) in [5, 5.41) is 71.0. The molecule has 5 atom stereocenters. The summed E-state index contributed by atoms with van der Waals surface area (Å²) in [6.07, 6.45) is -7.14. The number of fused-ring (bicyclic) bond motifs is 1. The first-order valence-electron chi connectivity index (χ1n) is 10.4. The fraction of sp³-hybridized carbons (Fsp3) is 0.304. The molecule has 12 heteroatoms. The van der Waals surface area contributed by atoms with Gasteiger partial charge in [0.25, 0.3) is 0 Å². The van der Waals surface area contributed by atoms with Crippen LogP contribution in [0.3, 0.4) is 0 Å². The Bertz CT molecular complexity index is 1350. The van der Waals surface area contributed by atoms with Crippen LogP contribution in [0.15, 0.2) is 39.7 Å². The summed E-state index contributed by atoms with van der Waals surface area (Å²) in [7, 11) is 0. The Hall–Kier alpha value is -3.84. The van der Waals surface area contributed by atoms with Crippen LogP contribution in [-0.4, -0.2) is 72.7 Å². The first-order valence-corrected chi connectivity index (χ1v) is 10.4. The maximum Gasteiger partial charge on any atom is 0.302 e. The van der Waals surface area contributed by atoms with Gasteiger partial charge in [-0.05, 0) is 17.7 Å². The van der Waals surface area contributed by atoms with Crippen LogP contribution in [0, 0.1) is 0 Å². The van der Waals surface area contributed by atoms with Crippen molar-refractivity contribution in [1.82, 2.24) is 0 Å². The first-order chi connectivity index (χ1) is 16.5. The van der Waals surface area contributed by atoms with Gasteiger partial charge in [-0.2, -0.15) is 0 Å². The second-order valence-electron chi connectivity index (χ2n) is 8.08. The van der Waals surface area contributed by atoms with E-state index in [9.17, 15) is 45.3 Å². The van der Waals surface area contributed by atoms with E-state index in [0.29, 0.717) is 0 Å². The molecule has 0 amide bonds. The van der Waals surface area contributed by atoms with Gasteiger partial charge >= 0.3 is 5.97 Å². The molecule has 0 bridgehead atoms. The molecule has 0 saturated carbocycles. The summed E-state index contributed by atoms with van der Waals surface area (Å²) < 4.78 is 16.0. The van der Waals surface area contributed by atoms with E-state index in [2.05, 4.69) is 0 Å². The molecule has 1 saturated heterocycles. The van der Waals surface area contributed by atoms with Crippen molar-refractivity contribution in [2.24, 2.45) is 0 Å². The van der Waals surface area contributed by atoms with Gasteiger partial charge in [0, 0.05) is 13.0 Å². The largest absolute Gasteiger partial charge is 0.507 e. The van der Waals surface area contributed by atoms with Crippen molar-refractivity contribution in [3.8, 4) is 34.1 Å². The number of phenolic OH excluding ortho intramolecular Hbond substituents is 4. The van der Waals surface area contributed by atoms with E-state index in [1.54, 1.807) is 0 Å². The molecule has 7 N–H and O–H groups in total. The zero-order valence-corrected chi connectivity index (χ0v) is 18.2. The first kappa shape index (κ1) is 24.3. The highest BCUT2D eigenvalue weighted by Crippen LogP contribution is 2.43. The summed E-state index contributed by atoms with van der Waals surface area (Å²) in [4.78, 5) is 24.4. The lowest BCUT2D eigenvalue weighted by Gasteiger charge is -2.40. The third-order valence-electron chi connectivity index (χ3n) is 5.78. The molecule has 1 aliphatic rings. The normalized spacial score (nSPS) is 24.4. The Balaban J connectivity index is 1.86. The molecule has 1 aromatic heterocycles. The van der Waals surface area contributed by atoms with E-state index >= 15 is 0 Å². The number of esters is 1. The molecule has 12 nitrogen and oxygen atoms in total. The number of carbonyl (C=O) groups is 1. The molecule has 3 aromatic rings. The molecule has 2 aromatic carbocycles. The average molecular weight is 490 g/mol. The zero-order valence-electron chi connectivity index (χ0n) is 18.2. The highest BCUT2D eigenvalue weighted by molar-refractivity contribution is 5.91. The number of hydrogen-bond acceptors (Lipinski definition) is 12. The molecule has 0 radical (unpaired) electrons. The van der Waals surface area contributed by atoms with Gasteiger partial charge < -0.3 is 49.6 Å². The van der Waals surface area contributed by atoms with Gasteiger partial charge in [0.05, 0.1) is 11.1 Å². The molecule has 0 unspecified atom stereocenters. The van der Waals surface area contributed by atoms with Crippen LogP contribution in [-0.2, 0) is 14.3 Å². The van der Waals surface area contributed by atoms with Crippen LogP contribution >= 0.6 is 0 Å². The second-order valence-corrected chi connectivity index (χ2v) is 8.08. The molecular formula is C23H22O12. The van der Waals surface area contributed by atoms with Gasteiger partial charge in [0.2, 0.25) is 5.43 Å². The number of hydrogen-bond donors (Lipinski definition) is 7. The zero-order chi connectivity index (χ0) is 25.6. The third kappa shape index (κ3) is 4.23. The molecule has 4 rings (SSSR count). The summed E-state index contributed by atoms with van der Waals surface area (Å²) in [5.74, 6) is -2.91. The van der Waals surface area contributed by atoms with Crippen LogP contribution in [0.1, 0.15) is 18.6 Å². The van der Waals surface area contributed by atoms with Crippen LogP contribution in [0.25, 0.3) is 22.1 Å². The maximum absolute atomic E-state index is 13.2. The summed E-state index contributed by atoms with van der Waals surface area (Å²) in [6.45, 7) is 0.642. The Morgan fingerprint density at radius 2 is 1.66 bits per heavy atom. The minimum absolute atomic E-state index is 0.104. The van der Waals surface area contributed by atoms with Crippen molar-refractivity contribution in [2.45, 2.75) is 37.4 Å². The van der Waals surface area contributed by atoms with E-state index in [1.165, 1.54) is 6.07 Å². The van der Waals surface area contributed by atoms with Gasteiger partial charge in [-0.15, -0.1) is 0 Å². The predicted octanol–water partition coefficient (Wildman–Crippen LogP) is 0.368. The number of rotatable bonds is 4. The fourth-order valence-corrected chi connectivity index (χ4v) is 3.99. The standard InChI is InChI=1S/C23H22O12/c1-8(24)33-7-15-19(30)20(31)21(32)23(35-15)17-14(28)5-13(27)16-18(29)10(6-34-22(16)17)9-2-3-11(25)12(26)4-9/h2-6,15,19-21,23,25-28,30-32H,7H2,1H3/t15-,19+,20-,21+,23+/m0/s1. The van der Waals surface area contributed by atoms with Crippen molar-refractivity contribution in [2.75, 3.05) is 6.61 Å². The minimum atomic E-state index is -1.81. The summed E-state index contributed by atoms with van der Waals surface area (Å²) >= 11 is 0. The lowest BCUT2D eigenvalue weighted by atomic mass is 9.89. The molecule has 35 heavy (non-hydrogen) atoms. The van der Waals surface area contributed by atoms with E-state index in [4.69, 9.17) is 13.9 Å². The Labute approximate surface area is 196 Å². The lowest BCUT2D eigenvalue weighted by molar-refractivity contribution is -0.234. The Morgan fingerprint density at radius 3 is 2.31 bits per heavy atom. The molecule has 1 aliphatic heterocycles. The van der Waals surface area contributed by atoms with Crippen molar-refractivity contribution in [1.29, 1.82) is 0 Å². The molecule has 2 heterocycles. The van der Waals surface area contributed by atoms with Gasteiger partial charge in [0.1, 0.15) is 60.3 Å². The quantitative estimate of drug-likeness (QED) is 0.195. The SMILES string of the molecule is CC(=O)OC[C@@H]1O[C@H](c2c(O)cc(O)c3c(=O)c(-c4ccc(O)c(O)c4)coc23)[C@H](O)[C@@H](O)[C@@H]1O. The van der Waals surface area contributed by atoms with Crippen molar-refractivity contribution in [3.63, 3.8) is 0 Å². The Kier molecular flexibility index (Phi) is 6.30. The number of aromatic hydroxyl groups is 4. The number of benzene rings is 2. The molecule has 0 spiro atoms. The van der Waals surface area contributed by atoms with Gasteiger partial charge in [-0.25, -0.2) is 0 Å². The van der Waals surface area contributed by atoms with E-state index in [0.717, 1.165) is 31.4 Å². The van der Waals surface area contributed by atoms with Gasteiger partial charge in [0.15, 0.2) is 17.1 Å². The summed E-state index contributed by atoms with van der Waals surface area (Å²) in [5.41, 5.74) is -1.41. The summed E-state index contributed by atoms with van der Waals surface area (Å²) in [6, 6.07) is 4.41. The van der Waals surface area contributed by atoms with E-state index in [1.807, 2.05) is 0 Å². The second kappa shape index (κ2) is 9.07. The van der Waals surface area contributed by atoms with Crippen molar-refractivity contribution < 1.29 is 54.4 Å². The van der Waals surface area contributed by atoms with Crippen LogP contribution in [0.5, 0.6) is 23.0 Å². The van der Waals surface area contributed by atoms with Crippen LogP contribution in [0.2, 0.25) is 0 Å². The smallest absolute Gasteiger partial charge is 0.302 e. The van der Waals surface area contributed by atoms with E-state index in [-0.39, 0.29) is 22.3 Å². The monoisotopic (exact) mass is 490 g/mol. The minimum Gasteiger partial charge on any atom is -0.507 e. The van der Waals surface area contributed by atoms with Crippen LogP contribution in [0.4, 0.5) is 0 Å². The van der Waals surface area contributed by atoms with Gasteiger partial charge in [-0.1, -0.05) is 6.07 Å². The van der Waals surface area contributed by atoms with E-state index < -0.39 is 76.9 Å². The van der Waals surface area contributed by atoms with Crippen LogP contribution < -0.4 is 5.43 Å². The maximum atomic E-state index is 13.2. The number of phenols is 4. The van der Waals surface area contributed by atoms with Crippen molar-refractivity contribution >= 4 is 16.9 Å². The molecular weight excluding hydrogens is 468 g/mol. The topological polar surface area (TPSA) is 207 Å². The number of aliphatic hydroxyl groups excluding tert-OH is 3. The highest BCUT2D eigenvalue weighted by Gasteiger charge is 2.46. The third-order valence-corrected chi connectivity index (χ3v) is 5.78. The highest BCUT2D eigenvalue weighted by atomic mass is 16.6. The number of ether oxygens (including phenoxy) is 2.